The number of amides is 1. The number of para-hydroxylation sites is 2. The summed E-state index contributed by atoms with van der Waals surface area (Å²) in [6.45, 7) is 8.20. The molecule has 5 nitrogen and oxygen atoms in total. The fourth-order valence-corrected chi connectivity index (χ4v) is 2.66. The number of hydrogen-bond donors (Lipinski definition) is 2. The molecule has 0 aromatic heterocycles. The molecule has 0 radical (unpaired) electrons. The molecule has 0 aliphatic rings. The van der Waals surface area contributed by atoms with Crippen LogP contribution in [0.4, 0.5) is 5.69 Å². The molecule has 2 rings (SSSR count). The lowest BCUT2D eigenvalue weighted by Gasteiger charge is -2.19. The minimum absolute atomic E-state index is 0.108. The van der Waals surface area contributed by atoms with E-state index in [0.717, 1.165) is 16.8 Å². The van der Waals surface area contributed by atoms with Crippen LogP contribution in [-0.2, 0) is 9.63 Å². The van der Waals surface area contributed by atoms with Crippen LogP contribution >= 0.6 is 0 Å². The summed E-state index contributed by atoms with van der Waals surface area (Å²) in [7, 11) is 0. The summed E-state index contributed by atoms with van der Waals surface area (Å²) in [6, 6.07) is 12.9. The number of phenols is 1. The van der Waals surface area contributed by atoms with Gasteiger partial charge in [-0.2, -0.15) is 0 Å². The Bertz CT molecular complexity index is 756. The fourth-order valence-electron chi connectivity index (χ4n) is 2.66. The lowest BCUT2D eigenvalue weighted by molar-refractivity contribution is -0.120. The van der Waals surface area contributed by atoms with Gasteiger partial charge in [0.15, 0.2) is 6.61 Å². The van der Waals surface area contributed by atoms with Gasteiger partial charge in [0.05, 0.1) is 6.21 Å². The molecule has 0 saturated carbocycles. The van der Waals surface area contributed by atoms with Crippen LogP contribution < -0.4 is 5.32 Å². The third-order valence-electron chi connectivity index (χ3n) is 4.04. The maximum atomic E-state index is 12.3. The molecular weight excluding hydrogens is 328 g/mol. The van der Waals surface area contributed by atoms with E-state index in [2.05, 4.69) is 38.2 Å². The van der Waals surface area contributed by atoms with Crippen LogP contribution in [0.3, 0.4) is 0 Å². The van der Waals surface area contributed by atoms with Crippen molar-refractivity contribution in [3.63, 3.8) is 0 Å². The van der Waals surface area contributed by atoms with Crippen LogP contribution in [0, 0.1) is 0 Å². The number of anilines is 1. The number of carbonyl (C=O) groups excluding carboxylic acids is 1. The Hall–Kier alpha value is -2.82. The normalized spacial score (nSPS) is 11.3. The zero-order valence-electron chi connectivity index (χ0n) is 15.7. The van der Waals surface area contributed by atoms with Gasteiger partial charge in [0, 0.05) is 11.3 Å². The van der Waals surface area contributed by atoms with Crippen molar-refractivity contribution in [1.82, 2.24) is 0 Å². The first-order valence-corrected chi connectivity index (χ1v) is 8.76. The highest BCUT2D eigenvalue weighted by atomic mass is 16.6. The number of aromatic hydroxyl groups is 1. The molecule has 26 heavy (non-hydrogen) atoms. The van der Waals surface area contributed by atoms with Crippen molar-refractivity contribution in [2.75, 3.05) is 11.9 Å². The highest BCUT2D eigenvalue weighted by Crippen LogP contribution is 2.32. The minimum Gasteiger partial charge on any atom is -0.507 e. The first-order valence-electron chi connectivity index (χ1n) is 8.76. The maximum Gasteiger partial charge on any atom is 0.265 e. The van der Waals surface area contributed by atoms with Gasteiger partial charge in [0.25, 0.3) is 5.91 Å². The molecule has 0 bridgehead atoms. The van der Waals surface area contributed by atoms with Gasteiger partial charge in [0.1, 0.15) is 5.75 Å². The van der Waals surface area contributed by atoms with E-state index in [0.29, 0.717) is 17.4 Å². The SMILES string of the molecule is CC(C)c1cccc(C(C)C)c1NC(=O)CO/N=C/c1ccccc1O. The third-order valence-corrected chi connectivity index (χ3v) is 4.04. The summed E-state index contributed by atoms with van der Waals surface area (Å²) in [5, 5.41) is 16.4. The highest BCUT2D eigenvalue weighted by Gasteiger charge is 2.16. The number of rotatable bonds is 7. The van der Waals surface area contributed by atoms with Crippen LogP contribution in [-0.4, -0.2) is 23.8 Å². The molecule has 0 heterocycles. The zero-order valence-corrected chi connectivity index (χ0v) is 15.7. The van der Waals surface area contributed by atoms with Crippen LogP contribution in [0.1, 0.15) is 56.2 Å². The van der Waals surface area contributed by atoms with Gasteiger partial charge in [-0.15, -0.1) is 0 Å². The number of nitrogens with one attached hydrogen (secondary N) is 1. The molecule has 0 unspecified atom stereocenters. The summed E-state index contributed by atoms with van der Waals surface area (Å²) in [5.74, 6) is 0.430. The number of hydrogen-bond acceptors (Lipinski definition) is 4. The lowest BCUT2D eigenvalue weighted by atomic mass is 9.92. The Labute approximate surface area is 154 Å². The Morgan fingerprint density at radius 2 is 1.69 bits per heavy atom. The van der Waals surface area contributed by atoms with Gasteiger partial charge < -0.3 is 15.3 Å². The lowest BCUT2D eigenvalue weighted by Crippen LogP contribution is -2.19. The first-order chi connectivity index (χ1) is 12.4. The molecule has 138 valence electrons. The quantitative estimate of drug-likeness (QED) is 0.562. The number of phenolic OH excluding ortho intramolecular Hbond substituents is 1. The monoisotopic (exact) mass is 354 g/mol. The fraction of sp³-hybridized carbons (Fsp3) is 0.333. The molecule has 2 aromatic rings. The topological polar surface area (TPSA) is 70.9 Å². The van der Waals surface area contributed by atoms with Gasteiger partial charge in [-0.1, -0.05) is 63.2 Å². The van der Waals surface area contributed by atoms with E-state index in [1.807, 2.05) is 18.2 Å². The van der Waals surface area contributed by atoms with Crippen molar-refractivity contribution in [3.8, 4) is 5.75 Å². The molecule has 0 aliphatic carbocycles. The average Bonchev–Trinajstić information content (AvgIpc) is 2.59. The second-order valence-corrected chi connectivity index (χ2v) is 6.74. The van der Waals surface area contributed by atoms with Crippen molar-refractivity contribution in [1.29, 1.82) is 0 Å². The van der Waals surface area contributed by atoms with Crippen LogP contribution in [0.25, 0.3) is 0 Å². The zero-order chi connectivity index (χ0) is 19.1. The van der Waals surface area contributed by atoms with E-state index < -0.39 is 0 Å². The van der Waals surface area contributed by atoms with E-state index in [4.69, 9.17) is 4.84 Å². The number of nitrogens with zero attached hydrogens (tertiary/aromatic N) is 1. The standard InChI is InChI=1S/C21H26N2O3/c1-14(2)17-9-7-10-18(15(3)4)21(17)23-20(25)13-26-22-12-16-8-5-6-11-19(16)24/h5-12,14-15,24H,13H2,1-4H3,(H,23,25)/b22-12+. The molecule has 0 saturated heterocycles. The van der Waals surface area contributed by atoms with Crippen LogP contribution in [0.2, 0.25) is 0 Å². The summed E-state index contributed by atoms with van der Waals surface area (Å²) >= 11 is 0. The van der Waals surface area contributed by atoms with Gasteiger partial charge in [-0.25, -0.2) is 0 Å². The van der Waals surface area contributed by atoms with Crippen molar-refractivity contribution in [2.45, 2.75) is 39.5 Å². The van der Waals surface area contributed by atoms with Crippen molar-refractivity contribution < 1.29 is 14.7 Å². The molecule has 0 aliphatic heterocycles. The van der Waals surface area contributed by atoms with E-state index >= 15 is 0 Å². The number of benzene rings is 2. The molecule has 0 spiro atoms. The predicted octanol–water partition coefficient (Wildman–Crippen LogP) is 4.63. The van der Waals surface area contributed by atoms with Gasteiger partial charge in [-0.05, 0) is 35.1 Å². The Balaban J connectivity index is 2.03. The molecular formula is C21H26N2O3. The smallest absolute Gasteiger partial charge is 0.265 e. The van der Waals surface area contributed by atoms with Crippen molar-refractivity contribution in [3.05, 3.63) is 59.2 Å². The van der Waals surface area contributed by atoms with E-state index in [1.54, 1.807) is 24.3 Å². The first kappa shape index (κ1) is 19.5. The van der Waals surface area contributed by atoms with Crippen molar-refractivity contribution >= 4 is 17.8 Å². The highest BCUT2D eigenvalue weighted by molar-refractivity contribution is 5.93. The van der Waals surface area contributed by atoms with Crippen molar-refractivity contribution in [2.24, 2.45) is 5.16 Å². The second-order valence-electron chi connectivity index (χ2n) is 6.74. The van der Waals surface area contributed by atoms with E-state index in [-0.39, 0.29) is 18.3 Å². The third kappa shape index (κ3) is 5.09. The molecule has 0 fully saturated rings. The summed E-state index contributed by atoms with van der Waals surface area (Å²) in [5.41, 5.74) is 3.58. The summed E-state index contributed by atoms with van der Waals surface area (Å²) in [6.07, 6.45) is 1.38. The van der Waals surface area contributed by atoms with Crippen LogP contribution in [0.5, 0.6) is 5.75 Å². The second kappa shape index (κ2) is 9.04. The largest absolute Gasteiger partial charge is 0.507 e. The number of oxime groups is 1. The van der Waals surface area contributed by atoms with Gasteiger partial charge >= 0.3 is 0 Å². The van der Waals surface area contributed by atoms with Gasteiger partial charge in [-0.3, -0.25) is 4.79 Å². The Morgan fingerprint density at radius 3 is 2.27 bits per heavy atom. The number of carbonyl (C=O) groups is 1. The van der Waals surface area contributed by atoms with E-state index in [9.17, 15) is 9.90 Å². The van der Waals surface area contributed by atoms with E-state index in [1.165, 1.54) is 6.21 Å². The summed E-state index contributed by atoms with van der Waals surface area (Å²) in [4.78, 5) is 17.4. The molecule has 2 aromatic carbocycles. The molecule has 5 heteroatoms. The molecule has 1 amide bonds. The molecule has 0 atom stereocenters. The predicted molar refractivity (Wildman–Crippen MR) is 105 cm³/mol. The van der Waals surface area contributed by atoms with Crippen LogP contribution in [0.15, 0.2) is 47.6 Å². The Morgan fingerprint density at radius 1 is 1.08 bits per heavy atom. The van der Waals surface area contributed by atoms with Gasteiger partial charge in [0.2, 0.25) is 0 Å². The summed E-state index contributed by atoms with van der Waals surface area (Å²) < 4.78 is 0. The maximum absolute atomic E-state index is 12.3. The minimum atomic E-state index is -0.269. The Kier molecular flexibility index (Phi) is 6.78. The molecule has 2 N–H and O–H groups in total. The average molecular weight is 354 g/mol.